The summed E-state index contributed by atoms with van der Waals surface area (Å²) < 4.78 is 8.88. The fraction of sp³-hybridized carbons (Fsp3) is 0.600. The van der Waals surface area contributed by atoms with Crippen molar-refractivity contribution >= 4 is 28.2 Å². The molecule has 3 N–H and O–H groups in total. The molecule has 0 aromatic heterocycles. The molecule has 0 atom stereocenters. The zero-order chi connectivity index (χ0) is 19.6. The minimum absolute atomic E-state index is 0.00546. The first-order valence-corrected chi connectivity index (χ1v) is 13.6. The van der Waals surface area contributed by atoms with E-state index >= 15 is 0 Å². The second kappa shape index (κ2) is 8.06. The average molecular weight is 403 g/mol. The largest absolute Gasteiger partial charge is 0.466 e. The molecule has 3 saturated heterocycles. The summed E-state index contributed by atoms with van der Waals surface area (Å²) in [4.78, 5) is 52.0. The molecule has 0 aromatic rings. The lowest BCUT2D eigenvalue weighted by atomic mass is 10.0. The monoisotopic (exact) mass is 403 g/mol. The predicted octanol–water partition coefficient (Wildman–Crippen LogP) is -0.645. The van der Waals surface area contributed by atoms with Crippen molar-refractivity contribution in [3.05, 3.63) is 23.2 Å². The minimum Gasteiger partial charge on any atom is -0.365 e. The number of nitrogens with zero attached hydrogens (tertiary/aromatic N) is 3. The Morgan fingerprint density at radius 1 is 0.846 bits per heavy atom. The van der Waals surface area contributed by atoms with Gasteiger partial charge in [-0.1, -0.05) is 19.6 Å². The third-order valence-corrected chi connectivity index (χ3v) is 3.49. The molecule has 146 valence electrons. The average Bonchev–Trinajstić information content (AvgIpc) is 3.34. The summed E-state index contributed by atoms with van der Waals surface area (Å²) in [7, 11) is -4.78. The smallest absolute Gasteiger partial charge is 0.365 e. The standard InChI is InChI=1S/C12H13N3O2.C3H10Si.H3O4P/c16-9-7-8(13-1-2-13)12(17)11(15-5-6-15)10(9)14-3-4-14;1-4(2)3;1-5(2,3)4/h7H,1-6H2;4H,1-3H3;(H3,1,2,3,4). The summed E-state index contributed by atoms with van der Waals surface area (Å²) in [5, 5.41) is 0. The number of carbonyl (C=O) groups excluding carboxylic acids is 2. The number of allylic oxidation sites excluding steroid dienone is 1. The fourth-order valence-electron chi connectivity index (χ4n) is 2.28. The summed E-state index contributed by atoms with van der Waals surface area (Å²) in [6, 6.07) is 0. The topological polar surface area (TPSA) is 121 Å². The molecule has 0 radical (unpaired) electrons. The summed E-state index contributed by atoms with van der Waals surface area (Å²) in [6.45, 7) is 12.3. The van der Waals surface area contributed by atoms with E-state index in [1.54, 1.807) is 0 Å². The number of rotatable bonds is 3. The highest BCUT2D eigenvalue weighted by molar-refractivity contribution is 7.45. The molecule has 4 rings (SSSR count). The molecule has 3 aliphatic heterocycles. The molecular weight excluding hydrogens is 377 g/mol. The van der Waals surface area contributed by atoms with Crippen molar-refractivity contribution in [2.45, 2.75) is 19.6 Å². The van der Waals surface area contributed by atoms with Crippen molar-refractivity contribution in [3.63, 3.8) is 0 Å². The van der Waals surface area contributed by atoms with E-state index in [-0.39, 0.29) is 20.4 Å². The molecule has 4 aliphatic rings. The van der Waals surface area contributed by atoms with Crippen LogP contribution in [0.25, 0.3) is 0 Å². The molecule has 0 bridgehead atoms. The van der Waals surface area contributed by atoms with Gasteiger partial charge in [-0.3, -0.25) is 9.59 Å². The highest BCUT2D eigenvalue weighted by Gasteiger charge is 2.43. The summed E-state index contributed by atoms with van der Waals surface area (Å²) in [5.74, 6) is 0.0485. The van der Waals surface area contributed by atoms with Crippen LogP contribution in [0.4, 0.5) is 0 Å². The van der Waals surface area contributed by atoms with Crippen LogP contribution in [0, 0.1) is 0 Å². The van der Waals surface area contributed by atoms with Crippen LogP contribution < -0.4 is 0 Å². The van der Waals surface area contributed by atoms with Crippen molar-refractivity contribution in [1.82, 2.24) is 14.7 Å². The van der Waals surface area contributed by atoms with Gasteiger partial charge in [-0.25, -0.2) is 4.57 Å². The van der Waals surface area contributed by atoms with Crippen LogP contribution in [0.5, 0.6) is 0 Å². The maximum Gasteiger partial charge on any atom is 0.466 e. The maximum absolute atomic E-state index is 12.4. The van der Waals surface area contributed by atoms with E-state index in [9.17, 15) is 9.59 Å². The molecule has 0 aromatic carbocycles. The second-order valence-corrected chi connectivity index (χ2v) is 11.6. The van der Waals surface area contributed by atoms with E-state index in [0.717, 1.165) is 39.3 Å². The zero-order valence-corrected chi connectivity index (χ0v) is 17.3. The van der Waals surface area contributed by atoms with Crippen LogP contribution in [0.1, 0.15) is 0 Å². The highest BCUT2D eigenvalue weighted by Crippen LogP contribution is 2.33. The molecule has 11 heteroatoms. The molecule has 9 nitrogen and oxygen atoms in total. The number of ketones is 2. The van der Waals surface area contributed by atoms with Crippen LogP contribution in [0.3, 0.4) is 0 Å². The summed E-state index contributed by atoms with van der Waals surface area (Å²) in [6.07, 6.45) is 1.52. The van der Waals surface area contributed by atoms with Gasteiger partial charge in [0.05, 0.1) is 5.70 Å². The van der Waals surface area contributed by atoms with Gasteiger partial charge in [-0.05, 0) is 0 Å². The number of hydrogen-bond donors (Lipinski definition) is 3. The lowest BCUT2D eigenvalue weighted by Gasteiger charge is -2.21. The Balaban J connectivity index is 0.000000229. The van der Waals surface area contributed by atoms with Crippen molar-refractivity contribution in [2.24, 2.45) is 0 Å². The van der Waals surface area contributed by atoms with Crippen molar-refractivity contribution in [3.8, 4) is 0 Å². The lowest BCUT2D eigenvalue weighted by molar-refractivity contribution is -0.117. The Morgan fingerprint density at radius 2 is 1.19 bits per heavy atom. The first-order valence-electron chi connectivity index (χ1n) is 8.57. The Bertz CT molecular complexity index is 678. The van der Waals surface area contributed by atoms with E-state index in [1.165, 1.54) is 6.08 Å². The number of hydrogen-bond acceptors (Lipinski definition) is 6. The Hall–Kier alpha value is -1.45. The SMILES string of the molecule is C[SiH](C)C.O=C1C=C(N2CC2)C(=O)C(N2CC2)=C1N1CC1.O=P(O)(O)O. The highest BCUT2D eigenvalue weighted by atomic mass is 31.2. The van der Waals surface area contributed by atoms with Crippen LogP contribution in [0.15, 0.2) is 23.2 Å². The second-order valence-electron chi connectivity index (χ2n) is 7.13. The van der Waals surface area contributed by atoms with Gasteiger partial charge >= 0.3 is 7.82 Å². The molecule has 3 heterocycles. The van der Waals surface area contributed by atoms with Gasteiger partial charge in [-0.2, -0.15) is 0 Å². The molecule has 3 fully saturated rings. The van der Waals surface area contributed by atoms with Gasteiger partial charge in [-0.15, -0.1) is 0 Å². The molecule has 0 unspecified atom stereocenters. The summed E-state index contributed by atoms with van der Waals surface area (Å²) >= 11 is 0. The van der Waals surface area contributed by atoms with Crippen LogP contribution in [-0.4, -0.2) is 89.0 Å². The Labute approximate surface area is 154 Å². The first kappa shape index (κ1) is 20.9. The van der Waals surface area contributed by atoms with Gasteiger partial charge in [0, 0.05) is 54.1 Å². The van der Waals surface area contributed by atoms with E-state index in [2.05, 4.69) is 19.6 Å². The van der Waals surface area contributed by atoms with Gasteiger partial charge in [0.2, 0.25) is 11.6 Å². The molecule has 0 saturated carbocycles. The third kappa shape index (κ3) is 6.69. The van der Waals surface area contributed by atoms with E-state index in [4.69, 9.17) is 19.2 Å². The zero-order valence-electron chi connectivity index (χ0n) is 15.3. The fourth-order valence-corrected chi connectivity index (χ4v) is 2.28. The van der Waals surface area contributed by atoms with Crippen LogP contribution in [0.2, 0.25) is 19.6 Å². The van der Waals surface area contributed by atoms with Crippen LogP contribution in [-0.2, 0) is 14.2 Å². The van der Waals surface area contributed by atoms with Crippen molar-refractivity contribution in [2.75, 3.05) is 39.3 Å². The Kier molecular flexibility index (Phi) is 6.46. The summed E-state index contributed by atoms with van der Waals surface area (Å²) in [5.41, 5.74) is 1.89. The molecule has 1 aliphatic carbocycles. The van der Waals surface area contributed by atoms with Crippen LogP contribution >= 0.6 is 7.82 Å². The van der Waals surface area contributed by atoms with Gasteiger partial charge in [0.1, 0.15) is 11.4 Å². The Morgan fingerprint density at radius 3 is 1.54 bits per heavy atom. The number of phosphoric acid groups is 1. The molecule has 0 spiro atoms. The quantitative estimate of drug-likeness (QED) is 0.244. The van der Waals surface area contributed by atoms with E-state index < -0.39 is 7.82 Å². The van der Waals surface area contributed by atoms with E-state index in [0.29, 0.717) is 17.1 Å². The normalized spacial score (nSPS) is 21.0. The van der Waals surface area contributed by atoms with Crippen molar-refractivity contribution in [1.29, 1.82) is 0 Å². The molecule has 26 heavy (non-hydrogen) atoms. The third-order valence-electron chi connectivity index (χ3n) is 3.49. The lowest BCUT2D eigenvalue weighted by Crippen LogP contribution is -2.29. The van der Waals surface area contributed by atoms with Gasteiger partial charge in [0.25, 0.3) is 0 Å². The van der Waals surface area contributed by atoms with Crippen molar-refractivity contribution < 1.29 is 28.8 Å². The molecule has 0 amide bonds. The van der Waals surface area contributed by atoms with E-state index in [1.807, 2.05) is 14.7 Å². The van der Waals surface area contributed by atoms with Gasteiger partial charge in [0.15, 0.2) is 0 Å². The number of Topliss-reactive ketones (excluding diaryl/α,β-unsaturated/α-hetero) is 1. The maximum atomic E-state index is 12.4. The predicted molar refractivity (Wildman–Crippen MR) is 98.8 cm³/mol. The minimum atomic E-state index is -4.64. The molecular formula is C15H26N3O6PSi. The first-order chi connectivity index (χ1) is 12.0. The van der Waals surface area contributed by atoms with Gasteiger partial charge < -0.3 is 29.4 Å². The number of carbonyl (C=O) groups is 2.